The minimum atomic E-state index is -0.249. The first-order valence-electron chi connectivity index (χ1n) is 7.16. The molecule has 0 unspecified atom stereocenters. The van der Waals surface area contributed by atoms with Crippen LogP contribution >= 0.6 is 0 Å². The molecule has 0 spiro atoms. The molecule has 0 aliphatic carbocycles. The lowest BCUT2D eigenvalue weighted by Crippen LogP contribution is -1.89. The molecule has 4 rings (SSSR count). The maximum absolute atomic E-state index is 13.1. The molecule has 0 bridgehead atoms. The van der Waals surface area contributed by atoms with Gasteiger partial charge in [0.15, 0.2) is 0 Å². The largest absolute Gasteiger partial charge is 0.384 e. The van der Waals surface area contributed by atoms with Crippen molar-refractivity contribution in [3.8, 4) is 22.4 Å². The molecule has 0 atom stereocenters. The molecule has 0 amide bonds. The number of anilines is 1. The average molecular weight is 304 g/mol. The summed E-state index contributed by atoms with van der Waals surface area (Å²) in [6.07, 6.45) is 3.41. The number of nitrogen functional groups attached to an aromatic ring is 1. The predicted molar refractivity (Wildman–Crippen MR) is 89.1 cm³/mol. The molecule has 112 valence electrons. The Morgan fingerprint density at radius 1 is 0.870 bits per heavy atom. The summed E-state index contributed by atoms with van der Waals surface area (Å²) in [6.45, 7) is 0. The second-order valence-corrected chi connectivity index (χ2v) is 5.28. The number of nitrogens with zero attached hydrogens (tertiary/aromatic N) is 2. The van der Waals surface area contributed by atoms with Gasteiger partial charge in [0.25, 0.3) is 0 Å². The van der Waals surface area contributed by atoms with E-state index in [-0.39, 0.29) is 5.82 Å². The number of benzene rings is 1. The molecule has 0 saturated heterocycles. The number of hydrogen-bond donors (Lipinski definition) is 2. The molecule has 23 heavy (non-hydrogen) atoms. The Kier molecular flexibility index (Phi) is 3.05. The molecule has 3 N–H and O–H groups in total. The molecule has 3 heterocycles. The molecule has 0 fully saturated rings. The fraction of sp³-hybridized carbons (Fsp3) is 0. The van der Waals surface area contributed by atoms with E-state index in [0.29, 0.717) is 5.82 Å². The number of halogens is 1. The van der Waals surface area contributed by atoms with Gasteiger partial charge in [0.05, 0.1) is 0 Å². The normalized spacial score (nSPS) is 11.0. The Morgan fingerprint density at radius 2 is 1.65 bits per heavy atom. The van der Waals surface area contributed by atoms with Crippen LogP contribution in [0.5, 0.6) is 0 Å². The fourth-order valence-corrected chi connectivity index (χ4v) is 2.68. The van der Waals surface area contributed by atoms with Crippen molar-refractivity contribution in [3.05, 3.63) is 66.7 Å². The van der Waals surface area contributed by atoms with Gasteiger partial charge in [0.1, 0.15) is 17.3 Å². The van der Waals surface area contributed by atoms with Crippen LogP contribution in [-0.4, -0.2) is 15.0 Å². The van der Waals surface area contributed by atoms with Crippen molar-refractivity contribution >= 4 is 16.9 Å². The summed E-state index contributed by atoms with van der Waals surface area (Å²) in [5, 5.41) is 0.976. The van der Waals surface area contributed by atoms with Crippen molar-refractivity contribution in [1.29, 1.82) is 0 Å². The van der Waals surface area contributed by atoms with Crippen molar-refractivity contribution in [2.75, 3.05) is 5.73 Å². The quantitative estimate of drug-likeness (QED) is 0.588. The predicted octanol–water partition coefficient (Wildman–Crippen LogP) is 4.01. The highest BCUT2D eigenvalue weighted by Gasteiger charge is 2.10. The highest BCUT2D eigenvalue weighted by molar-refractivity contribution is 5.96. The van der Waals surface area contributed by atoms with Crippen molar-refractivity contribution in [1.82, 2.24) is 15.0 Å². The van der Waals surface area contributed by atoms with E-state index in [1.807, 2.05) is 24.3 Å². The van der Waals surface area contributed by atoms with E-state index in [0.717, 1.165) is 33.4 Å². The second kappa shape index (κ2) is 5.21. The third kappa shape index (κ3) is 2.42. The van der Waals surface area contributed by atoms with Crippen LogP contribution in [0.1, 0.15) is 0 Å². The van der Waals surface area contributed by atoms with Crippen LogP contribution < -0.4 is 5.73 Å². The number of aromatic amines is 1. The van der Waals surface area contributed by atoms with Crippen LogP contribution in [0.4, 0.5) is 10.2 Å². The number of hydrogen-bond acceptors (Lipinski definition) is 3. The van der Waals surface area contributed by atoms with Crippen LogP contribution in [0.3, 0.4) is 0 Å². The molecule has 0 saturated carbocycles. The lowest BCUT2D eigenvalue weighted by Gasteiger charge is -2.02. The smallest absolute Gasteiger partial charge is 0.138 e. The molecule has 4 nitrogen and oxygen atoms in total. The van der Waals surface area contributed by atoms with Crippen LogP contribution in [0.2, 0.25) is 0 Å². The summed E-state index contributed by atoms with van der Waals surface area (Å²) >= 11 is 0. The van der Waals surface area contributed by atoms with Crippen molar-refractivity contribution < 1.29 is 4.39 Å². The van der Waals surface area contributed by atoms with E-state index in [9.17, 15) is 4.39 Å². The van der Waals surface area contributed by atoms with E-state index in [2.05, 4.69) is 15.0 Å². The molecule has 5 heteroatoms. The molecule has 3 aromatic heterocycles. The van der Waals surface area contributed by atoms with Crippen LogP contribution in [-0.2, 0) is 0 Å². The molecule has 0 radical (unpaired) electrons. The van der Waals surface area contributed by atoms with Gasteiger partial charge in [-0.25, -0.2) is 14.4 Å². The third-order valence-corrected chi connectivity index (χ3v) is 3.78. The Bertz CT molecular complexity index is 990. The van der Waals surface area contributed by atoms with E-state index in [4.69, 9.17) is 5.73 Å². The zero-order valence-corrected chi connectivity index (χ0v) is 12.1. The van der Waals surface area contributed by atoms with Gasteiger partial charge in [-0.05, 0) is 47.5 Å². The Labute approximate surface area is 131 Å². The Balaban J connectivity index is 1.89. The van der Waals surface area contributed by atoms with Crippen LogP contribution in [0, 0.1) is 5.82 Å². The summed E-state index contributed by atoms with van der Waals surface area (Å²) in [5.74, 6) is 0.217. The lowest BCUT2D eigenvalue weighted by atomic mass is 10.0. The fourth-order valence-electron chi connectivity index (χ4n) is 2.68. The van der Waals surface area contributed by atoms with Gasteiger partial charge in [-0.15, -0.1) is 0 Å². The standard InChI is InChI=1S/C18H13FN4/c19-13-3-1-11(2-4-13)14-6-8-22-18-15(14)10-16(23-18)12-5-7-21-17(20)9-12/h1-10H,(H2,20,21)(H,22,23). The summed E-state index contributed by atoms with van der Waals surface area (Å²) in [5.41, 5.74) is 10.3. The summed E-state index contributed by atoms with van der Waals surface area (Å²) in [4.78, 5) is 11.7. The Hall–Kier alpha value is -3.21. The maximum atomic E-state index is 13.1. The maximum Gasteiger partial charge on any atom is 0.138 e. The van der Waals surface area contributed by atoms with E-state index < -0.39 is 0 Å². The van der Waals surface area contributed by atoms with Crippen molar-refractivity contribution in [3.63, 3.8) is 0 Å². The van der Waals surface area contributed by atoms with Gasteiger partial charge < -0.3 is 10.7 Å². The van der Waals surface area contributed by atoms with Gasteiger partial charge in [-0.3, -0.25) is 0 Å². The van der Waals surface area contributed by atoms with E-state index in [1.165, 1.54) is 12.1 Å². The zero-order valence-electron chi connectivity index (χ0n) is 12.1. The summed E-state index contributed by atoms with van der Waals surface area (Å²) < 4.78 is 13.1. The van der Waals surface area contributed by atoms with Gasteiger partial charge in [0.2, 0.25) is 0 Å². The van der Waals surface area contributed by atoms with Crippen LogP contribution in [0.15, 0.2) is 60.9 Å². The number of nitrogens with two attached hydrogens (primary N) is 1. The number of fused-ring (bicyclic) bond motifs is 1. The number of rotatable bonds is 2. The highest BCUT2D eigenvalue weighted by Crippen LogP contribution is 2.31. The van der Waals surface area contributed by atoms with Gasteiger partial charge >= 0.3 is 0 Å². The van der Waals surface area contributed by atoms with E-state index >= 15 is 0 Å². The highest BCUT2D eigenvalue weighted by atomic mass is 19.1. The second-order valence-electron chi connectivity index (χ2n) is 5.28. The van der Waals surface area contributed by atoms with Gasteiger partial charge in [-0.2, -0.15) is 0 Å². The Morgan fingerprint density at radius 3 is 2.43 bits per heavy atom. The number of pyridine rings is 2. The molecule has 0 aliphatic heterocycles. The van der Waals surface area contributed by atoms with Gasteiger partial charge in [0, 0.05) is 29.0 Å². The molecular formula is C18H13FN4. The molecule has 1 aromatic carbocycles. The number of H-pyrrole nitrogens is 1. The first-order valence-corrected chi connectivity index (χ1v) is 7.16. The van der Waals surface area contributed by atoms with Gasteiger partial charge in [-0.1, -0.05) is 12.1 Å². The minimum absolute atomic E-state index is 0.249. The first-order chi connectivity index (χ1) is 11.2. The molecular weight excluding hydrogens is 291 g/mol. The average Bonchev–Trinajstić information content (AvgIpc) is 3.00. The third-order valence-electron chi connectivity index (χ3n) is 3.78. The minimum Gasteiger partial charge on any atom is -0.384 e. The summed E-state index contributed by atoms with van der Waals surface area (Å²) in [7, 11) is 0. The topological polar surface area (TPSA) is 67.6 Å². The van der Waals surface area contributed by atoms with Crippen molar-refractivity contribution in [2.24, 2.45) is 0 Å². The van der Waals surface area contributed by atoms with E-state index in [1.54, 1.807) is 24.5 Å². The van der Waals surface area contributed by atoms with Crippen molar-refractivity contribution in [2.45, 2.75) is 0 Å². The van der Waals surface area contributed by atoms with Crippen LogP contribution in [0.25, 0.3) is 33.4 Å². The SMILES string of the molecule is Nc1cc(-c2cc3c(-c4ccc(F)cc4)ccnc3[nH]2)ccn1. The molecule has 0 aliphatic rings. The summed E-state index contributed by atoms with van der Waals surface area (Å²) in [6, 6.07) is 14.1. The number of nitrogens with one attached hydrogen (secondary N) is 1. The number of aromatic nitrogens is 3. The monoisotopic (exact) mass is 304 g/mol. The lowest BCUT2D eigenvalue weighted by molar-refractivity contribution is 0.628. The zero-order chi connectivity index (χ0) is 15.8. The first kappa shape index (κ1) is 13.5. The molecule has 4 aromatic rings.